The van der Waals surface area contributed by atoms with Crippen LogP contribution in [-0.2, 0) is 4.74 Å². The van der Waals surface area contributed by atoms with Crippen LogP contribution in [-0.4, -0.2) is 42.2 Å². The van der Waals surface area contributed by atoms with Crippen molar-refractivity contribution in [1.29, 1.82) is 0 Å². The Balaban J connectivity index is 2.66. The summed E-state index contributed by atoms with van der Waals surface area (Å²) >= 11 is 0. The van der Waals surface area contributed by atoms with E-state index in [1.165, 1.54) is 0 Å². The predicted molar refractivity (Wildman–Crippen MR) is 64.8 cm³/mol. The number of hydrogen-bond donors (Lipinski definition) is 1. The number of nitrogens with zero attached hydrogens (tertiary/aromatic N) is 2. The number of carbonyl (C=O) groups excluding carboxylic acids is 1. The second-order valence-corrected chi connectivity index (χ2v) is 3.20. The van der Waals surface area contributed by atoms with E-state index in [2.05, 4.69) is 5.10 Å². The molecule has 0 fully saturated rings. The molecule has 1 rings (SSSR count). The van der Waals surface area contributed by atoms with E-state index >= 15 is 0 Å². The lowest BCUT2D eigenvalue weighted by atomic mass is 10.2. The van der Waals surface area contributed by atoms with Gasteiger partial charge in [-0.3, -0.25) is 0 Å². The average molecular weight is 236 g/mol. The number of benzene rings is 1. The minimum Gasteiger partial charge on any atom is -0.448 e. The Morgan fingerprint density at radius 3 is 2.76 bits per heavy atom. The van der Waals surface area contributed by atoms with Crippen LogP contribution in [0.2, 0.25) is 0 Å². The van der Waals surface area contributed by atoms with Crippen molar-refractivity contribution < 1.29 is 14.6 Å². The van der Waals surface area contributed by atoms with E-state index in [4.69, 9.17) is 9.84 Å². The summed E-state index contributed by atoms with van der Waals surface area (Å²) in [4.78, 5) is 11.4. The van der Waals surface area contributed by atoms with Gasteiger partial charge in [0.2, 0.25) is 0 Å². The maximum absolute atomic E-state index is 11.4. The van der Waals surface area contributed by atoms with E-state index in [9.17, 15) is 4.79 Å². The number of aliphatic hydroxyl groups excluding tert-OH is 1. The minimum absolute atomic E-state index is 0.113. The Labute approximate surface area is 100 Å². The van der Waals surface area contributed by atoms with Gasteiger partial charge in [-0.05, 0) is 12.5 Å². The monoisotopic (exact) mass is 236 g/mol. The lowest BCUT2D eigenvalue weighted by Crippen LogP contribution is -2.29. The lowest BCUT2D eigenvalue weighted by molar-refractivity contribution is 0.100. The molecule has 0 unspecified atom stereocenters. The largest absolute Gasteiger partial charge is 0.448 e. The molecule has 5 heteroatoms. The summed E-state index contributed by atoms with van der Waals surface area (Å²) in [5.41, 5.74) is 0.875. The zero-order valence-electron chi connectivity index (χ0n) is 9.74. The van der Waals surface area contributed by atoms with Crippen LogP contribution in [0.4, 0.5) is 4.79 Å². The zero-order valence-corrected chi connectivity index (χ0v) is 9.74. The number of rotatable bonds is 5. The minimum atomic E-state index is -0.561. The summed E-state index contributed by atoms with van der Waals surface area (Å²) < 4.78 is 4.81. The molecule has 17 heavy (non-hydrogen) atoms. The molecule has 0 aliphatic carbocycles. The second kappa shape index (κ2) is 7.40. The summed E-state index contributed by atoms with van der Waals surface area (Å²) in [6.07, 6.45) is 0.987. The molecule has 0 aliphatic rings. The molecule has 5 nitrogen and oxygen atoms in total. The Morgan fingerprint density at radius 1 is 1.47 bits per heavy atom. The molecule has 0 spiro atoms. The van der Waals surface area contributed by atoms with Crippen LogP contribution in [0.25, 0.3) is 0 Å². The molecular formula is C12H16N2O3. The van der Waals surface area contributed by atoms with Crippen LogP contribution in [0.3, 0.4) is 0 Å². The molecular weight excluding hydrogens is 220 g/mol. The van der Waals surface area contributed by atoms with Gasteiger partial charge in [0.1, 0.15) is 0 Å². The van der Waals surface area contributed by atoms with Gasteiger partial charge in [0.05, 0.1) is 26.0 Å². The Morgan fingerprint density at radius 2 is 2.18 bits per heavy atom. The third kappa shape index (κ3) is 4.65. The van der Waals surface area contributed by atoms with E-state index in [0.717, 1.165) is 10.6 Å². The SMILES string of the molecule is CCOC(=O)N(CCO)/N=C/c1ccccc1. The van der Waals surface area contributed by atoms with Gasteiger partial charge in [0, 0.05) is 0 Å². The highest BCUT2D eigenvalue weighted by Gasteiger charge is 2.11. The molecule has 0 atom stereocenters. The van der Waals surface area contributed by atoms with E-state index in [1.807, 2.05) is 30.3 Å². The first kappa shape index (κ1) is 13.2. The van der Waals surface area contributed by atoms with Crippen molar-refractivity contribution in [1.82, 2.24) is 5.01 Å². The number of amides is 1. The topological polar surface area (TPSA) is 62.1 Å². The van der Waals surface area contributed by atoms with E-state index in [1.54, 1.807) is 13.1 Å². The van der Waals surface area contributed by atoms with Crippen LogP contribution in [0.15, 0.2) is 35.4 Å². The summed E-state index contributed by atoms with van der Waals surface area (Å²) in [5.74, 6) is 0. The van der Waals surface area contributed by atoms with E-state index in [-0.39, 0.29) is 19.8 Å². The molecule has 0 saturated carbocycles. The van der Waals surface area contributed by atoms with Crippen LogP contribution in [0.5, 0.6) is 0 Å². The van der Waals surface area contributed by atoms with Gasteiger partial charge >= 0.3 is 6.09 Å². The lowest BCUT2D eigenvalue weighted by Gasteiger charge is -2.14. The summed E-state index contributed by atoms with van der Waals surface area (Å²) in [5, 5.41) is 13.9. The third-order valence-corrected chi connectivity index (χ3v) is 1.94. The predicted octanol–water partition coefficient (Wildman–Crippen LogP) is 1.47. The first-order chi connectivity index (χ1) is 8.27. The Hall–Kier alpha value is -1.88. The van der Waals surface area contributed by atoms with Gasteiger partial charge in [0.25, 0.3) is 0 Å². The van der Waals surface area contributed by atoms with Gasteiger partial charge in [-0.1, -0.05) is 30.3 Å². The fourth-order valence-electron chi connectivity index (χ4n) is 1.16. The van der Waals surface area contributed by atoms with Crippen molar-refractivity contribution in [3.63, 3.8) is 0 Å². The molecule has 0 saturated heterocycles. The molecule has 1 N–H and O–H groups in total. The van der Waals surface area contributed by atoms with Crippen LogP contribution in [0, 0.1) is 0 Å². The average Bonchev–Trinajstić information content (AvgIpc) is 2.36. The van der Waals surface area contributed by atoms with Crippen LogP contribution in [0.1, 0.15) is 12.5 Å². The number of aliphatic hydroxyl groups is 1. The van der Waals surface area contributed by atoms with Gasteiger partial charge in [-0.15, -0.1) is 0 Å². The van der Waals surface area contributed by atoms with Crippen molar-refractivity contribution >= 4 is 12.3 Å². The summed E-state index contributed by atoms with van der Waals surface area (Å²) in [6.45, 7) is 1.95. The molecule has 1 aromatic rings. The third-order valence-electron chi connectivity index (χ3n) is 1.94. The number of hydrogen-bond acceptors (Lipinski definition) is 4. The quantitative estimate of drug-likeness (QED) is 0.622. The Kier molecular flexibility index (Phi) is 5.74. The van der Waals surface area contributed by atoms with Gasteiger partial charge in [-0.25, -0.2) is 4.79 Å². The van der Waals surface area contributed by atoms with Crippen molar-refractivity contribution in [2.75, 3.05) is 19.8 Å². The van der Waals surface area contributed by atoms with E-state index in [0.29, 0.717) is 0 Å². The summed E-state index contributed by atoms with van der Waals surface area (Å²) in [6, 6.07) is 9.38. The van der Waals surface area contributed by atoms with Crippen LogP contribution < -0.4 is 0 Å². The summed E-state index contributed by atoms with van der Waals surface area (Å²) in [7, 11) is 0. The Bertz CT molecular complexity index is 365. The fraction of sp³-hybridized carbons (Fsp3) is 0.333. The van der Waals surface area contributed by atoms with Gasteiger partial charge in [0.15, 0.2) is 0 Å². The highest BCUT2D eigenvalue weighted by Crippen LogP contribution is 1.98. The van der Waals surface area contributed by atoms with Crippen molar-refractivity contribution in [3.8, 4) is 0 Å². The fourth-order valence-corrected chi connectivity index (χ4v) is 1.16. The molecule has 92 valence electrons. The van der Waals surface area contributed by atoms with E-state index < -0.39 is 6.09 Å². The number of ether oxygens (including phenoxy) is 1. The maximum Gasteiger partial charge on any atom is 0.430 e. The molecule has 0 aromatic heterocycles. The highest BCUT2D eigenvalue weighted by atomic mass is 16.6. The molecule has 0 bridgehead atoms. The van der Waals surface area contributed by atoms with Crippen molar-refractivity contribution in [2.24, 2.45) is 5.10 Å². The zero-order chi connectivity index (χ0) is 12.5. The van der Waals surface area contributed by atoms with Crippen LogP contribution >= 0.6 is 0 Å². The van der Waals surface area contributed by atoms with Crippen molar-refractivity contribution in [3.05, 3.63) is 35.9 Å². The molecule has 0 aliphatic heterocycles. The molecule has 0 heterocycles. The molecule has 1 aromatic carbocycles. The highest BCUT2D eigenvalue weighted by molar-refractivity contribution is 5.80. The second-order valence-electron chi connectivity index (χ2n) is 3.20. The maximum atomic E-state index is 11.4. The number of carbonyl (C=O) groups is 1. The number of hydrazone groups is 1. The van der Waals surface area contributed by atoms with Gasteiger partial charge < -0.3 is 9.84 Å². The van der Waals surface area contributed by atoms with Gasteiger partial charge in [-0.2, -0.15) is 10.1 Å². The smallest absolute Gasteiger partial charge is 0.430 e. The first-order valence-electron chi connectivity index (χ1n) is 5.42. The molecule has 0 radical (unpaired) electrons. The van der Waals surface area contributed by atoms with Crippen molar-refractivity contribution in [2.45, 2.75) is 6.92 Å². The molecule has 1 amide bonds. The normalized spacial score (nSPS) is 10.5. The first-order valence-corrected chi connectivity index (χ1v) is 5.42. The standard InChI is InChI=1S/C12H16N2O3/c1-2-17-12(16)14(8-9-15)13-10-11-6-4-3-5-7-11/h3-7,10,15H,2,8-9H2,1H3/b13-10+.